The first kappa shape index (κ1) is 22.5. The van der Waals surface area contributed by atoms with Gasteiger partial charge < -0.3 is 11.1 Å². The molecular formula is C21H27N3O4S2. The standard InChI is InChI=1S/C21H27N3O4S2/c1-13(2)24-10-8-16-17(12-24)29-21(19(16)20(22)26)23-18(25)9-11-30(27,28)15-6-4-14(3)5-7-15/h4-7,13H,8-12H2,1-3H3,(H2,22,26)(H,23,25). The summed E-state index contributed by atoms with van der Waals surface area (Å²) in [4.78, 5) is 28.0. The van der Waals surface area contributed by atoms with Gasteiger partial charge in [-0.1, -0.05) is 17.7 Å². The SMILES string of the molecule is Cc1ccc(S(=O)(=O)CCC(=O)Nc2sc3c(c2C(N)=O)CCN(C(C)C)C3)cc1. The summed E-state index contributed by atoms with van der Waals surface area (Å²) < 4.78 is 25.0. The van der Waals surface area contributed by atoms with Crippen LogP contribution >= 0.6 is 11.3 Å². The lowest BCUT2D eigenvalue weighted by atomic mass is 10.0. The Bertz CT molecular complexity index is 1060. The number of nitrogens with two attached hydrogens (primary N) is 1. The van der Waals surface area contributed by atoms with Crippen LogP contribution in [-0.4, -0.2) is 43.5 Å². The Hall–Kier alpha value is -2.23. The normalized spacial score (nSPS) is 14.5. The average Bonchev–Trinajstić information content (AvgIpc) is 3.03. The predicted octanol–water partition coefficient (Wildman–Crippen LogP) is 2.72. The van der Waals surface area contributed by atoms with E-state index in [2.05, 4.69) is 24.1 Å². The maximum Gasteiger partial charge on any atom is 0.251 e. The molecule has 0 saturated heterocycles. The molecule has 2 aromatic rings. The van der Waals surface area contributed by atoms with Gasteiger partial charge in [-0.25, -0.2) is 8.42 Å². The fourth-order valence-electron chi connectivity index (χ4n) is 3.49. The summed E-state index contributed by atoms with van der Waals surface area (Å²) in [5.74, 6) is -1.33. The largest absolute Gasteiger partial charge is 0.365 e. The maximum atomic E-state index is 12.5. The van der Waals surface area contributed by atoms with Crippen molar-refractivity contribution in [1.82, 2.24) is 4.90 Å². The summed E-state index contributed by atoms with van der Waals surface area (Å²) in [5, 5.41) is 3.13. The number of hydrogen-bond donors (Lipinski definition) is 2. The minimum atomic E-state index is -3.57. The Labute approximate surface area is 181 Å². The van der Waals surface area contributed by atoms with E-state index in [-0.39, 0.29) is 17.1 Å². The van der Waals surface area contributed by atoms with Gasteiger partial charge in [-0.2, -0.15) is 0 Å². The summed E-state index contributed by atoms with van der Waals surface area (Å²) in [5.41, 5.74) is 7.80. The molecule has 0 atom stereocenters. The lowest BCUT2D eigenvalue weighted by Gasteiger charge is -2.30. The number of aryl methyl sites for hydroxylation is 1. The number of amides is 2. The van der Waals surface area contributed by atoms with Crippen molar-refractivity contribution in [2.24, 2.45) is 5.73 Å². The zero-order chi connectivity index (χ0) is 22.1. The number of anilines is 1. The van der Waals surface area contributed by atoms with Crippen molar-refractivity contribution in [3.05, 3.63) is 45.8 Å². The van der Waals surface area contributed by atoms with Gasteiger partial charge in [-0.3, -0.25) is 14.5 Å². The molecule has 0 spiro atoms. The second-order valence-electron chi connectivity index (χ2n) is 7.82. The summed E-state index contributed by atoms with van der Waals surface area (Å²) in [6.45, 7) is 7.64. The van der Waals surface area contributed by atoms with Gasteiger partial charge in [0.25, 0.3) is 5.91 Å². The van der Waals surface area contributed by atoms with Gasteiger partial charge in [-0.15, -0.1) is 11.3 Å². The number of carbonyl (C=O) groups is 2. The van der Waals surface area contributed by atoms with E-state index >= 15 is 0 Å². The Kier molecular flexibility index (Phi) is 6.64. The van der Waals surface area contributed by atoms with Crippen molar-refractivity contribution in [1.29, 1.82) is 0 Å². The topological polar surface area (TPSA) is 110 Å². The molecule has 1 aliphatic rings. The van der Waals surface area contributed by atoms with Crippen molar-refractivity contribution >= 4 is 38.0 Å². The predicted molar refractivity (Wildman–Crippen MR) is 119 cm³/mol. The van der Waals surface area contributed by atoms with Crippen LogP contribution in [-0.2, 0) is 27.6 Å². The molecular weight excluding hydrogens is 422 g/mol. The van der Waals surface area contributed by atoms with E-state index in [1.165, 1.54) is 11.3 Å². The Balaban J connectivity index is 1.72. The first-order valence-electron chi connectivity index (χ1n) is 9.86. The van der Waals surface area contributed by atoms with Crippen LogP contribution in [0.4, 0.5) is 5.00 Å². The third-order valence-corrected chi connectivity index (χ3v) is 8.16. The number of primary amides is 1. The molecule has 0 unspecified atom stereocenters. The van der Waals surface area contributed by atoms with E-state index < -0.39 is 21.7 Å². The molecule has 2 amide bonds. The lowest BCUT2D eigenvalue weighted by Crippen LogP contribution is -2.35. The van der Waals surface area contributed by atoms with Crippen molar-refractivity contribution in [3.63, 3.8) is 0 Å². The van der Waals surface area contributed by atoms with Crippen LogP contribution in [0.2, 0.25) is 0 Å². The fourth-order valence-corrected chi connectivity index (χ4v) is 6.03. The van der Waals surface area contributed by atoms with Gasteiger partial charge in [0.05, 0.1) is 16.2 Å². The number of benzene rings is 1. The first-order valence-corrected chi connectivity index (χ1v) is 12.3. The molecule has 0 radical (unpaired) electrons. The zero-order valence-electron chi connectivity index (χ0n) is 17.4. The van der Waals surface area contributed by atoms with Crippen molar-refractivity contribution in [2.75, 3.05) is 17.6 Å². The van der Waals surface area contributed by atoms with Crippen LogP contribution in [0, 0.1) is 6.92 Å². The van der Waals surface area contributed by atoms with Crippen LogP contribution in [0.5, 0.6) is 0 Å². The smallest absolute Gasteiger partial charge is 0.251 e. The highest BCUT2D eigenvalue weighted by Crippen LogP contribution is 2.37. The Morgan fingerprint density at radius 2 is 1.90 bits per heavy atom. The minimum absolute atomic E-state index is 0.194. The maximum absolute atomic E-state index is 12.5. The molecule has 3 N–H and O–H groups in total. The molecule has 3 rings (SSSR count). The number of carbonyl (C=O) groups excluding carboxylic acids is 2. The number of sulfone groups is 1. The van der Waals surface area contributed by atoms with Crippen LogP contribution in [0.1, 0.15) is 46.6 Å². The molecule has 2 heterocycles. The Morgan fingerprint density at radius 1 is 1.23 bits per heavy atom. The minimum Gasteiger partial charge on any atom is -0.365 e. The highest BCUT2D eigenvalue weighted by atomic mass is 32.2. The molecule has 1 aromatic carbocycles. The molecule has 0 saturated carbocycles. The van der Waals surface area contributed by atoms with E-state index in [1.807, 2.05) is 6.92 Å². The van der Waals surface area contributed by atoms with Gasteiger partial charge in [-0.05, 0) is 44.9 Å². The fraction of sp³-hybridized carbons (Fsp3) is 0.429. The molecule has 0 bridgehead atoms. The monoisotopic (exact) mass is 449 g/mol. The summed E-state index contributed by atoms with van der Waals surface area (Å²) in [7, 11) is -3.57. The third kappa shape index (κ3) is 4.91. The molecule has 7 nitrogen and oxygen atoms in total. The van der Waals surface area contributed by atoms with E-state index in [4.69, 9.17) is 5.73 Å². The first-order chi connectivity index (χ1) is 14.1. The second kappa shape index (κ2) is 8.87. The van der Waals surface area contributed by atoms with Crippen LogP contribution < -0.4 is 11.1 Å². The number of nitrogens with zero attached hydrogens (tertiary/aromatic N) is 1. The average molecular weight is 450 g/mol. The number of hydrogen-bond acceptors (Lipinski definition) is 6. The van der Waals surface area contributed by atoms with Crippen molar-refractivity contribution < 1.29 is 18.0 Å². The summed E-state index contributed by atoms with van der Waals surface area (Å²) >= 11 is 1.35. The van der Waals surface area contributed by atoms with Gasteiger partial charge in [0.2, 0.25) is 5.91 Å². The number of rotatable bonds is 7. The molecule has 0 fully saturated rings. The van der Waals surface area contributed by atoms with Crippen molar-refractivity contribution in [2.45, 2.75) is 51.1 Å². The lowest BCUT2D eigenvalue weighted by molar-refractivity contribution is -0.115. The number of nitrogens with one attached hydrogen (secondary N) is 1. The van der Waals surface area contributed by atoms with Gasteiger partial charge in [0, 0.05) is 30.4 Å². The van der Waals surface area contributed by atoms with Gasteiger partial charge >= 0.3 is 0 Å². The molecule has 162 valence electrons. The molecule has 0 aliphatic carbocycles. The van der Waals surface area contributed by atoms with Crippen LogP contribution in [0.3, 0.4) is 0 Å². The highest BCUT2D eigenvalue weighted by Gasteiger charge is 2.28. The molecule has 30 heavy (non-hydrogen) atoms. The molecule has 1 aromatic heterocycles. The molecule has 9 heteroatoms. The summed E-state index contributed by atoms with van der Waals surface area (Å²) in [6.07, 6.45) is 0.495. The number of thiophene rings is 1. The number of fused-ring (bicyclic) bond motifs is 1. The Morgan fingerprint density at radius 3 is 2.50 bits per heavy atom. The van der Waals surface area contributed by atoms with Crippen LogP contribution in [0.15, 0.2) is 29.2 Å². The van der Waals surface area contributed by atoms with Gasteiger partial charge in [0.15, 0.2) is 9.84 Å². The zero-order valence-corrected chi connectivity index (χ0v) is 19.0. The van der Waals surface area contributed by atoms with E-state index in [0.29, 0.717) is 29.6 Å². The third-order valence-electron chi connectivity index (χ3n) is 5.29. The van der Waals surface area contributed by atoms with Crippen molar-refractivity contribution in [3.8, 4) is 0 Å². The summed E-state index contributed by atoms with van der Waals surface area (Å²) in [6, 6.07) is 6.91. The van der Waals surface area contributed by atoms with Gasteiger partial charge in [0.1, 0.15) is 5.00 Å². The highest BCUT2D eigenvalue weighted by molar-refractivity contribution is 7.91. The van der Waals surface area contributed by atoms with Crippen LogP contribution in [0.25, 0.3) is 0 Å². The van der Waals surface area contributed by atoms with E-state index in [0.717, 1.165) is 22.5 Å². The molecule has 1 aliphatic heterocycles. The van der Waals surface area contributed by atoms with E-state index in [9.17, 15) is 18.0 Å². The van der Waals surface area contributed by atoms with E-state index in [1.54, 1.807) is 24.3 Å². The second-order valence-corrected chi connectivity index (χ2v) is 11.0. The quantitative estimate of drug-likeness (QED) is 0.675.